The van der Waals surface area contributed by atoms with Crippen molar-refractivity contribution in [3.05, 3.63) is 52.1 Å². The van der Waals surface area contributed by atoms with Crippen molar-refractivity contribution < 1.29 is 4.79 Å². The number of aromatic nitrogens is 1. The van der Waals surface area contributed by atoms with Crippen LogP contribution in [0, 0.1) is 6.92 Å². The van der Waals surface area contributed by atoms with Gasteiger partial charge < -0.3 is 10.6 Å². The molecule has 0 radical (unpaired) electrons. The topological polar surface area (TPSA) is 54.0 Å². The highest BCUT2D eigenvalue weighted by Gasteiger charge is 2.15. The van der Waals surface area contributed by atoms with Gasteiger partial charge in [0, 0.05) is 28.0 Å². The highest BCUT2D eigenvalue weighted by Crippen LogP contribution is 2.23. The number of carbonyl (C=O) groups excluding carboxylic acids is 1. The minimum absolute atomic E-state index is 0.127. The molecule has 1 aromatic heterocycles. The van der Waals surface area contributed by atoms with Crippen molar-refractivity contribution in [2.75, 3.05) is 10.6 Å². The summed E-state index contributed by atoms with van der Waals surface area (Å²) >= 11 is 3.48. The van der Waals surface area contributed by atoms with E-state index in [1.807, 2.05) is 31.2 Å². The van der Waals surface area contributed by atoms with Crippen LogP contribution in [0.3, 0.4) is 0 Å². The van der Waals surface area contributed by atoms with Crippen molar-refractivity contribution in [2.45, 2.75) is 38.6 Å². The van der Waals surface area contributed by atoms with E-state index in [0.717, 1.165) is 21.5 Å². The molecule has 2 aromatic rings. The highest BCUT2D eigenvalue weighted by molar-refractivity contribution is 9.10. The summed E-state index contributed by atoms with van der Waals surface area (Å²) in [6.07, 6.45) is 6.56. The van der Waals surface area contributed by atoms with Gasteiger partial charge in [-0.1, -0.05) is 34.8 Å². The van der Waals surface area contributed by atoms with Crippen molar-refractivity contribution in [3.8, 4) is 0 Å². The Morgan fingerprint density at radius 3 is 2.74 bits per heavy atom. The SMILES string of the molecule is Cc1ccc(NC(=O)c2ccnc(NC3CCCC3)c2)cc1Br. The largest absolute Gasteiger partial charge is 0.367 e. The third-order valence-electron chi connectivity index (χ3n) is 4.16. The number of nitrogens with one attached hydrogen (secondary N) is 2. The number of rotatable bonds is 4. The molecule has 1 heterocycles. The number of halogens is 1. The van der Waals surface area contributed by atoms with E-state index in [4.69, 9.17) is 0 Å². The van der Waals surface area contributed by atoms with Crippen LogP contribution in [0.15, 0.2) is 41.0 Å². The molecule has 0 aliphatic heterocycles. The van der Waals surface area contributed by atoms with Crippen LogP contribution in [0.1, 0.15) is 41.6 Å². The number of amides is 1. The number of carbonyl (C=O) groups is 1. The molecule has 0 atom stereocenters. The average molecular weight is 374 g/mol. The molecule has 120 valence electrons. The lowest BCUT2D eigenvalue weighted by molar-refractivity contribution is 0.102. The monoisotopic (exact) mass is 373 g/mol. The second kappa shape index (κ2) is 7.13. The number of benzene rings is 1. The standard InChI is InChI=1S/C18H20BrN3O/c1-12-6-7-15(11-16(12)19)22-18(23)13-8-9-20-17(10-13)21-14-4-2-3-5-14/h6-11,14H,2-5H2,1H3,(H,20,21)(H,22,23). The lowest BCUT2D eigenvalue weighted by atomic mass is 10.2. The first-order chi connectivity index (χ1) is 11.1. The molecule has 1 aliphatic carbocycles. The number of nitrogens with zero attached hydrogens (tertiary/aromatic N) is 1. The molecule has 23 heavy (non-hydrogen) atoms. The smallest absolute Gasteiger partial charge is 0.255 e. The number of pyridine rings is 1. The Balaban J connectivity index is 1.70. The van der Waals surface area contributed by atoms with E-state index in [0.29, 0.717) is 11.6 Å². The minimum Gasteiger partial charge on any atom is -0.367 e. The van der Waals surface area contributed by atoms with Gasteiger partial charge in [0.15, 0.2) is 0 Å². The van der Waals surface area contributed by atoms with E-state index >= 15 is 0 Å². The summed E-state index contributed by atoms with van der Waals surface area (Å²) in [4.78, 5) is 16.7. The first-order valence-electron chi connectivity index (χ1n) is 7.92. The lowest BCUT2D eigenvalue weighted by Gasteiger charge is -2.13. The zero-order chi connectivity index (χ0) is 16.2. The van der Waals surface area contributed by atoms with Crippen LogP contribution < -0.4 is 10.6 Å². The van der Waals surface area contributed by atoms with Crippen LogP contribution in [-0.2, 0) is 0 Å². The molecule has 1 amide bonds. The van der Waals surface area contributed by atoms with Crippen molar-refractivity contribution >= 4 is 33.3 Å². The molecule has 4 nitrogen and oxygen atoms in total. The Kier molecular flexibility index (Phi) is 4.96. The van der Waals surface area contributed by atoms with Gasteiger partial charge in [0.2, 0.25) is 0 Å². The molecule has 3 rings (SSSR count). The molecule has 1 aromatic carbocycles. The maximum Gasteiger partial charge on any atom is 0.255 e. The number of anilines is 2. The van der Waals surface area contributed by atoms with E-state index in [1.54, 1.807) is 12.3 Å². The molecule has 1 saturated carbocycles. The fourth-order valence-electron chi connectivity index (χ4n) is 2.80. The third-order valence-corrected chi connectivity index (χ3v) is 5.01. The molecule has 1 aliphatic rings. The second-order valence-corrected chi connectivity index (χ2v) is 6.83. The molecule has 1 fully saturated rings. The van der Waals surface area contributed by atoms with E-state index < -0.39 is 0 Å². The van der Waals surface area contributed by atoms with Crippen LogP contribution >= 0.6 is 15.9 Å². The van der Waals surface area contributed by atoms with Crippen LogP contribution in [0.5, 0.6) is 0 Å². The van der Waals surface area contributed by atoms with E-state index in [9.17, 15) is 4.79 Å². The zero-order valence-electron chi connectivity index (χ0n) is 13.1. The molecule has 0 saturated heterocycles. The molecule has 0 bridgehead atoms. The van der Waals surface area contributed by atoms with Crippen molar-refractivity contribution in [1.29, 1.82) is 0 Å². The molecule has 5 heteroatoms. The fraction of sp³-hybridized carbons (Fsp3) is 0.333. The zero-order valence-corrected chi connectivity index (χ0v) is 14.7. The summed E-state index contributed by atoms with van der Waals surface area (Å²) in [7, 11) is 0. The summed E-state index contributed by atoms with van der Waals surface area (Å²) in [5.74, 6) is 0.646. The minimum atomic E-state index is -0.127. The van der Waals surface area contributed by atoms with Gasteiger partial charge in [-0.15, -0.1) is 0 Å². The summed E-state index contributed by atoms with van der Waals surface area (Å²) in [5.41, 5.74) is 2.52. The van der Waals surface area contributed by atoms with Crippen LogP contribution in [0.2, 0.25) is 0 Å². The van der Waals surface area contributed by atoms with Gasteiger partial charge in [0.25, 0.3) is 5.91 Å². The number of hydrogen-bond donors (Lipinski definition) is 2. The lowest BCUT2D eigenvalue weighted by Crippen LogP contribution is -2.17. The maximum atomic E-state index is 12.4. The van der Waals surface area contributed by atoms with E-state index in [1.165, 1.54) is 25.7 Å². The first-order valence-corrected chi connectivity index (χ1v) is 8.71. The molecule has 0 unspecified atom stereocenters. The predicted octanol–water partition coefficient (Wildman–Crippen LogP) is 4.76. The van der Waals surface area contributed by atoms with Gasteiger partial charge >= 0.3 is 0 Å². The Morgan fingerprint density at radius 2 is 2.00 bits per heavy atom. The third kappa shape index (κ3) is 4.10. The van der Waals surface area contributed by atoms with E-state index in [-0.39, 0.29) is 5.91 Å². The summed E-state index contributed by atoms with van der Waals surface area (Å²) < 4.78 is 0.980. The average Bonchev–Trinajstić information content (AvgIpc) is 3.04. The van der Waals surface area contributed by atoms with Gasteiger partial charge in [0.1, 0.15) is 5.82 Å². The quantitative estimate of drug-likeness (QED) is 0.811. The summed E-state index contributed by atoms with van der Waals surface area (Å²) in [5, 5.41) is 6.34. The highest BCUT2D eigenvalue weighted by atomic mass is 79.9. The summed E-state index contributed by atoms with van der Waals surface area (Å²) in [6, 6.07) is 9.81. The predicted molar refractivity (Wildman–Crippen MR) is 96.9 cm³/mol. The summed E-state index contributed by atoms with van der Waals surface area (Å²) in [6.45, 7) is 2.01. The maximum absolute atomic E-state index is 12.4. The molecular weight excluding hydrogens is 354 g/mol. The van der Waals surface area contributed by atoms with Gasteiger partial charge in [0.05, 0.1) is 0 Å². The Bertz CT molecular complexity index is 711. The van der Waals surface area contributed by atoms with Gasteiger partial charge in [-0.05, 0) is 49.6 Å². The van der Waals surface area contributed by atoms with Gasteiger partial charge in [-0.2, -0.15) is 0 Å². The van der Waals surface area contributed by atoms with Crippen molar-refractivity contribution in [1.82, 2.24) is 4.98 Å². The molecule has 0 spiro atoms. The van der Waals surface area contributed by atoms with Gasteiger partial charge in [-0.3, -0.25) is 4.79 Å². The second-order valence-electron chi connectivity index (χ2n) is 5.97. The van der Waals surface area contributed by atoms with Crippen molar-refractivity contribution in [3.63, 3.8) is 0 Å². The fourth-order valence-corrected chi connectivity index (χ4v) is 3.18. The van der Waals surface area contributed by atoms with Crippen LogP contribution in [-0.4, -0.2) is 16.9 Å². The Hall–Kier alpha value is -1.88. The van der Waals surface area contributed by atoms with Crippen molar-refractivity contribution in [2.24, 2.45) is 0 Å². The number of aryl methyl sites for hydroxylation is 1. The first kappa shape index (κ1) is 16.0. The normalized spacial score (nSPS) is 14.7. The molecule has 2 N–H and O–H groups in total. The Morgan fingerprint density at radius 1 is 1.22 bits per heavy atom. The van der Waals surface area contributed by atoms with Crippen LogP contribution in [0.25, 0.3) is 0 Å². The Labute approximate surface area is 144 Å². The van der Waals surface area contributed by atoms with E-state index in [2.05, 4.69) is 31.5 Å². The molecular formula is C18H20BrN3O. The van der Waals surface area contributed by atoms with Crippen LogP contribution in [0.4, 0.5) is 11.5 Å². The number of hydrogen-bond acceptors (Lipinski definition) is 3. The van der Waals surface area contributed by atoms with Gasteiger partial charge in [-0.25, -0.2) is 4.98 Å².